The van der Waals surface area contributed by atoms with Gasteiger partial charge in [0.15, 0.2) is 6.10 Å². The lowest BCUT2D eigenvalue weighted by atomic mass is 10.0. The Morgan fingerprint density at radius 1 is 1.35 bits per heavy atom. The van der Waals surface area contributed by atoms with Gasteiger partial charge in [-0.3, -0.25) is 4.79 Å². The number of methoxy groups -OCH3 is 1. The van der Waals surface area contributed by atoms with Gasteiger partial charge < -0.3 is 14.7 Å². The maximum atomic E-state index is 12.5. The Hall–Kier alpha value is -1.39. The number of aliphatic hydroxyl groups is 1. The van der Waals surface area contributed by atoms with Crippen LogP contribution in [0.25, 0.3) is 0 Å². The average Bonchev–Trinajstić information content (AvgIpc) is 2.87. The van der Waals surface area contributed by atoms with E-state index in [1.807, 2.05) is 30.3 Å². The Labute approximate surface area is 120 Å². The van der Waals surface area contributed by atoms with Crippen LogP contribution in [0, 0.1) is 0 Å². The summed E-state index contributed by atoms with van der Waals surface area (Å²) in [5, 5.41) is 10.4. The van der Waals surface area contributed by atoms with Crippen molar-refractivity contribution < 1.29 is 14.6 Å². The molecule has 1 N–H and O–H groups in total. The van der Waals surface area contributed by atoms with Crippen molar-refractivity contribution in [3.8, 4) is 0 Å². The highest BCUT2D eigenvalue weighted by Crippen LogP contribution is 2.30. The van der Waals surface area contributed by atoms with Crippen molar-refractivity contribution in [1.82, 2.24) is 4.90 Å². The minimum absolute atomic E-state index is 0.112. The second-order valence-corrected chi connectivity index (χ2v) is 5.65. The molecule has 1 aromatic rings. The standard InChI is InChI=1S/C16H23NO3/c1-17(12-16(19)10-6-7-11-16)15(18)14(20-2)13-8-4-3-5-9-13/h3-5,8-9,14,19H,6-7,10-12H2,1-2H3. The summed E-state index contributed by atoms with van der Waals surface area (Å²) in [4.78, 5) is 14.1. The van der Waals surface area contributed by atoms with Crippen LogP contribution in [0.2, 0.25) is 0 Å². The zero-order valence-corrected chi connectivity index (χ0v) is 12.2. The molecule has 1 aliphatic rings. The molecule has 1 aromatic carbocycles. The third-order valence-corrected chi connectivity index (χ3v) is 4.00. The number of ether oxygens (including phenoxy) is 1. The van der Waals surface area contributed by atoms with Crippen molar-refractivity contribution in [2.45, 2.75) is 37.4 Å². The topological polar surface area (TPSA) is 49.8 Å². The first-order chi connectivity index (χ1) is 9.56. The van der Waals surface area contributed by atoms with Gasteiger partial charge >= 0.3 is 0 Å². The molecule has 1 unspecified atom stereocenters. The number of rotatable bonds is 5. The largest absolute Gasteiger partial charge is 0.388 e. The van der Waals surface area contributed by atoms with E-state index in [0.29, 0.717) is 6.54 Å². The first-order valence-corrected chi connectivity index (χ1v) is 7.11. The number of hydrogen-bond acceptors (Lipinski definition) is 3. The van der Waals surface area contributed by atoms with Gasteiger partial charge in [0.05, 0.1) is 5.60 Å². The van der Waals surface area contributed by atoms with E-state index in [4.69, 9.17) is 4.74 Å². The number of hydrogen-bond donors (Lipinski definition) is 1. The number of nitrogens with zero attached hydrogens (tertiary/aromatic N) is 1. The smallest absolute Gasteiger partial charge is 0.256 e. The number of likely N-dealkylation sites (N-methyl/N-ethyl adjacent to an activating group) is 1. The molecule has 4 nitrogen and oxygen atoms in total. The molecule has 0 radical (unpaired) electrons. The van der Waals surface area contributed by atoms with Crippen LogP contribution in [0.4, 0.5) is 0 Å². The number of amides is 1. The third kappa shape index (κ3) is 3.38. The molecule has 1 saturated carbocycles. The van der Waals surface area contributed by atoms with Crippen molar-refractivity contribution in [2.75, 3.05) is 20.7 Å². The molecule has 1 amide bonds. The van der Waals surface area contributed by atoms with Crippen molar-refractivity contribution in [2.24, 2.45) is 0 Å². The average molecular weight is 277 g/mol. The molecule has 20 heavy (non-hydrogen) atoms. The Kier molecular flexibility index (Phi) is 4.78. The van der Waals surface area contributed by atoms with Gasteiger partial charge in [-0.25, -0.2) is 0 Å². The van der Waals surface area contributed by atoms with Crippen LogP contribution in [0.5, 0.6) is 0 Å². The molecule has 1 aliphatic carbocycles. The maximum absolute atomic E-state index is 12.5. The van der Waals surface area contributed by atoms with Gasteiger partial charge in [-0.05, 0) is 18.4 Å². The Morgan fingerprint density at radius 3 is 2.50 bits per heavy atom. The molecule has 2 rings (SSSR count). The molecule has 0 bridgehead atoms. The van der Waals surface area contributed by atoms with Gasteiger partial charge in [0.25, 0.3) is 5.91 Å². The van der Waals surface area contributed by atoms with Crippen molar-refractivity contribution >= 4 is 5.91 Å². The molecule has 0 spiro atoms. The fourth-order valence-corrected chi connectivity index (χ4v) is 2.92. The maximum Gasteiger partial charge on any atom is 0.256 e. The van der Waals surface area contributed by atoms with E-state index in [1.54, 1.807) is 11.9 Å². The highest BCUT2D eigenvalue weighted by molar-refractivity contribution is 5.82. The van der Waals surface area contributed by atoms with Crippen molar-refractivity contribution in [3.63, 3.8) is 0 Å². The van der Waals surface area contributed by atoms with E-state index in [1.165, 1.54) is 7.11 Å². The first-order valence-electron chi connectivity index (χ1n) is 7.11. The fraction of sp³-hybridized carbons (Fsp3) is 0.562. The second kappa shape index (κ2) is 6.37. The van der Waals surface area contributed by atoms with Gasteiger partial charge in [-0.15, -0.1) is 0 Å². The predicted molar refractivity (Wildman–Crippen MR) is 77.2 cm³/mol. The van der Waals surface area contributed by atoms with Crippen LogP contribution < -0.4 is 0 Å². The highest BCUT2D eigenvalue weighted by atomic mass is 16.5. The molecular weight excluding hydrogens is 254 g/mol. The van der Waals surface area contributed by atoms with Crippen molar-refractivity contribution in [3.05, 3.63) is 35.9 Å². The predicted octanol–water partition coefficient (Wildman–Crippen LogP) is 2.14. The lowest BCUT2D eigenvalue weighted by Gasteiger charge is -2.30. The minimum Gasteiger partial charge on any atom is -0.388 e. The molecule has 0 saturated heterocycles. The lowest BCUT2D eigenvalue weighted by Crippen LogP contribution is -2.44. The number of carbonyl (C=O) groups is 1. The third-order valence-electron chi connectivity index (χ3n) is 4.00. The normalized spacial score (nSPS) is 18.8. The van der Waals surface area contributed by atoms with Gasteiger partial charge in [-0.1, -0.05) is 43.2 Å². The summed E-state index contributed by atoms with van der Waals surface area (Å²) in [6, 6.07) is 9.44. The molecule has 110 valence electrons. The summed E-state index contributed by atoms with van der Waals surface area (Å²) in [5.41, 5.74) is 0.115. The Morgan fingerprint density at radius 2 is 1.95 bits per heavy atom. The van der Waals surface area contributed by atoms with Gasteiger partial charge in [0.1, 0.15) is 0 Å². The van der Waals surface area contributed by atoms with Gasteiger partial charge in [-0.2, -0.15) is 0 Å². The van der Waals surface area contributed by atoms with E-state index >= 15 is 0 Å². The summed E-state index contributed by atoms with van der Waals surface area (Å²) < 4.78 is 5.34. The summed E-state index contributed by atoms with van der Waals surface area (Å²) in [7, 11) is 3.27. The fourth-order valence-electron chi connectivity index (χ4n) is 2.92. The van der Waals surface area contributed by atoms with E-state index < -0.39 is 11.7 Å². The first kappa shape index (κ1) is 15.0. The molecule has 0 aromatic heterocycles. The Balaban J connectivity index is 2.04. The van der Waals surface area contributed by atoms with Crippen LogP contribution in [-0.4, -0.2) is 42.2 Å². The molecule has 0 aliphatic heterocycles. The zero-order valence-electron chi connectivity index (χ0n) is 12.2. The second-order valence-electron chi connectivity index (χ2n) is 5.65. The quantitative estimate of drug-likeness (QED) is 0.897. The van der Waals surface area contributed by atoms with Gasteiger partial charge in [0.2, 0.25) is 0 Å². The Bertz CT molecular complexity index is 440. The minimum atomic E-state index is -0.723. The highest BCUT2D eigenvalue weighted by Gasteiger charge is 2.35. The van der Waals surface area contributed by atoms with Crippen LogP contribution in [0.15, 0.2) is 30.3 Å². The van der Waals surface area contributed by atoms with Crippen LogP contribution in [0.1, 0.15) is 37.4 Å². The molecule has 1 atom stereocenters. The lowest BCUT2D eigenvalue weighted by molar-refractivity contribution is -0.144. The number of benzene rings is 1. The summed E-state index contributed by atoms with van der Waals surface area (Å²) in [6.45, 7) is 0.374. The SMILES string of the molecule is COC(C(=O)N(C)CC1(O)CCCC1)c1ccccc1. The molecule has 0 heterocycles. The molecular formula is C16H23NO3. The summed E-state index contributed by atoms with van der Waals surface area (Å²) in [5.74, 6) is -0.112. The monoisotopic (exact) mass is 277 g/mol. The van der Waals surface area contributed by atoms with Gasteiger partial charge in [0, 0.05) is 20.7 Å². The van der Waals surface area contributed by atoms with E-state index in [0.717, 1.165) is 31.2 Å². The van der Waals surface area contributed by atoms with Crippen LogP contribution in [-0.2, 0) is 9.53 Å². The molecule has 1 fully saturated rings. The molecule has 4 heteroatoms. The number of carbonyl (C=O) groups excluding carboxylic acids is 1. The van der Waals surface area contributed by atoms with Crippen LogP contribution >= 0.6 is 0 Å². The summed E-state index contributed by atoms with van der Waals surface area (Å²) in [6.07, 6.45) is 3.00. The van der Waals surface area contributed by atoms with Crippen molar-refractivity contribution in [1.29, 1.82) is 0 Å². The van der Waals surface area contributed by atoms with E-state index in [2.05, 4.69) is 0 Å². The van der Waals surface area contributed by atoms with Crippen LogP contribution in [0.3, 0.4) is 0 Å². The summed E-state index contributed by atoms with van der Waals surface area (Å²) >= 11 is 0. The van der Waals surface area contributed by atoms with E-state index in [9.17, 15) is 9.90 Å². The van der Waals surface area contributed by atoms with E-state index in [-0.39, 0.29) is 5.91 Å². The zero-order chi connectivity index (χ0) is 14.6.